The Kier molecular flexibility index (Phi) is 6.39. The molecular weight excluding hydrogens is 330 g/mol. The van der Waals surface area contributed by atoms with Crippen LogP contribution in [0.2, 0.25) is 0 Å². The van der Waals surface area contributed by atoms with Gasteiger partial charge in [-0.25, -0.2) is 0 Å². The van der Waals surface area contributed by atoms with Crippen molar-refractivity contribution < 1.29 is 19.4 Å². The Morgan fingerprint density at radius 3 is 2.50 bits per heavy atom. The molecule has 26 heavy (non-hydrogen) atoms. The number of aliphatic carboxylic acids is 1. The average Bonchev–Trinajstić information content (AvgIpc) is 2.54. The van der Waals surface area contributed by atoms with Crippen molar-refractivity contribution in [2.24, 2.45) is 0 Å². The van der Waals surface area contributed by atoms with Crippen molar-refractivity contribution in [2.75, 3.05) is 5.32 Å². The molecule has 2 rings (SSSR count). The van der Waals surface area contributed by atoms with Gasteiger partial charge in [0.25, 0.3) is 5.91 Å². The lowest BCUT2D eigenvalue weighted by Crippen LogP contribution is -2.30. The molecule has 0 aliphatic rings. The van der Waals surface area contributed by atoms with Gasteiger partial charge < -0.3 is 15.2 Å². The van der Waals surface area contributed by atoms with E-state index in [1.807, 2.05) is 25.1 Å². The van der Waals surface area contributed by atoms with Crippen LogP contribution in [0, 0.1) is 6.92 Å². The Balaban J connectivity index is 2.09. The van der Waals surface area contributed by atoms with Crippen LogP contribution in [0.3, 0.4) is 0 Å². The molecule has 0 aliphatic carbocycles. The van der Waals surface area contributed by atoms with E-state index in [4.69, 9.17) is 9.84 Å². The maximum atomic E-state index is 12.5. The van der Waals surface area contributed by atoms with E-state index in [0.29, 0.717) is 17.0 Å². The zero-order valence-electron chi connectivity index (χ0n) is 15.6. The summed E-state index contributed by atoms with van der Waals surface area (Å²) in [4.78, 5) is 23.3. The summed E-state index contributed by atoms with van der Waals surface area (Å²) in [6.45, 7) is 7.84. The minimum absolute atomic E-state index is 0.0865. The molecule has 138 valence electrons. The molecule has 0 spiro atoms. The first-order valence-corrected chi connectivity index (χ1v) is 8.65. The van der Waals surface area contributed by atoms with Gasteiger partial charge >= 0.3 is 5.97 Å². The lowest BCUT2D eigenvalue weighted by Gasteiger charge is -2.19. The number of benzene rings is 2. The number of nitrogens with one attached hydrogen (secondary N) is 1. The largest absolute Gasteiger partial charge is 0.481 e. The number of hydrogen-bond donors (Lipinski definition) is 2. The normalized spacial score (nSPS) is 11.9. The second-order valence-corrected chi connectivity index (χ2v) is 6.72. The quantitative estimate of drug-likeness (QED) is 0.782. The molecule has 2 aromatic rings. The number of aryl methyl sites for hydroxylation is 1. The van der Waals surface area contributed by atoms with E-state index >= 15 is 0 Å². The minimum Gasteiger partial charge on any atom is -0.481 e. The number of hydrogen-bond acceptors (Lipinski definition) is 3. The molecule has 2 aromatic carbocycles. The van der Waals surface area contributed by atoms with E-state index in [0.717, 1.165) is 11.1 Å². The van der Waals surface area contributed by atoms with Crippen molar-refractivity contribution in [1.29, 1.82) is 0 Å². The highest BCUT2D eigenvalue weighted by atomic mass is 16.5. The van der Waals surface area contributed by atoms with Gasteiger partial charge in [0.15, 0.2) is 6.10 Å². The molecule has 0 fully saturated rings. The number of carbonyl (C=O) groups excluding carboxylic acids is 1. The Morgan fingerprint density at radius 2 is 1.85 bits per heavy atom. The van der Waals surface area contributed by atoms with Crippen molar-refractivity contribution in [3.05, 3.63) is 59.2 Å². The molecule has 5 heteroatoms. The molecule has 0 bridgehead atoms. The van der Waals surface area contributed by atoms with Crippen LogP contribution >= 0.6 is 0 Å². The molecule has 0 aliphatic heterocycles. The third-order valence-electron chi connectivity index (χ3n) is 4.01. The van der Waals surface area contributed by atoms with Crippen molar-refractivity contribution >= 4 is 17.6 Å². The van der Waals surface area contributed by atoms with Crippen molar-refractivity contribution in [2.45, 2.75) is 46.1 Å². The Bertz CT molecular complexity index is 798. The summed E-state index contributed by atoms with van der Waals surface area (Å²) in [5, 5.41) is 11.7. The highest BCUT2D eigenvalue weighted by Gasteiger charge is 2.18. The summed E-state index contributed by atoms with van der Waals surface area (Å²) < 4.78 is 5.91. The molecule has 0 radical (unpaired) electrons. The first-order valence-electron chi connectivity index (χ1n) is 8.65. The molecule has 2 N–H and O–H groups in total. The number of anilines is 1. The predicted octanol–water partition coefficient (Wildman–Crippen LogP) is 4.15. The van der Waals surface area contributed by atoms with E-state index < -0.39 is 12.1 Å². The molecule has 1 atom stereocenters. The fourth-order valence-electron chi connectivity index (χ4n) is 2.64. The Labute approximate surface area is 154 Å². The van der Waals surface area contributed by atoms with E-state index in [1.165, 1.54) is 0 Å². The predicted molar refractivity (Wildman–Crippen MR) is 102 cm³/mol. The summed E-state index contributed by atoms with van der Waals surface area (Å²) >= 11 is 0. The molecule has 0 saturated heterocycles. The van der Waals surface area contributed by atoms with Crippen LogP contribution in [0.4, 0.5) is 5.69 Å². The topological polar surface area (TPSA) is 75.6 Å². The van der Waals surface area contributed by atoms with Gasteiger partial charge in [0, 0.05) is 5.69 Å². The summed E-state index contributed by atoms with van der Waals surface area (Å²) in [5.41, 5.74) is 3.30. The van der Waals surface area contributed by atoms with Crippen LogP contribution in [0.15, 0.2) is 42.5 Å². The molecule has 5 nitrogen and oxygen atoms in total. The number of amides is 1. The van der Waals surface area contributed by atoms with Gasteiger partial charge in [-0.05, 0) is 54.7 Å². The number of carbonyl (C=O) groups is 2. The third-order valence-corrected chi connectivity index (χ3v) is 4.01. The second-order valence-electron chi connectivity index (χ2n) is 6.72. The smallest absolute Gasteiger partial charge is 0.307 e. The van der Waals surface area contributed by atoms with E-state index in [-0.39, 0.29) is 18.2 Å². The van der Waals surface area contributed by atoms with Crippen LogP contribution in [0.1, 0.15) is 43.4 Å². The Morgan fingerprint density at radius 1 is 1.12 bits per heavy atom. The number of ether oxygens (including phenoxy) is 1. The van der Waals surface area contributed by atoms with Gasteiger partial charge in [-0.1, -0.05) is 38.1 Å². The first kappa shape index (κ1) is 19.5. The first-order chi connectivity index (χ1) is 12.3. The van der Waals surface area contributed by atoms with Gasteiger partial charge in [-0.2, -0.15) is 0 Å². The number of carboxylic acid groups (broad SMARTS) is 1. The molecule has 0 heterocycles. The van der Waals surface area contributed by atoms with Gasteiger partial charge in [0.05, 0.1) is 6.42 Å². The summed E-state index contributed by atoms with van der Waals surface area (Å²) in [7, 11) is 0. The monoisotopic (exact) mass is 355 g/mol. The van der Waals surface area contributed by atoms with Crippen molar-refractivity contribution in [1.82, 2.24) is 0 Å². The zero-order valence-corrected chi connectivity index (χ0v) is 15.6. The molecular formula is C21H25NO4. The highest BCUT2D eigenvalue weighted by Crippen LogP contribution is 2.28. The Hall–Kier alpha value is -2.82. The van der Waals surface area contributed by atoms with Crippen LogP contribution in [0.25, 0.3) is 0 Å². The maximum Gasteiger partial charge on any atom is 0.307 e. The van der Waals surface area contributed by atoms with Crippen LogP contribution in [-0.2, 0) is 16.0 Å². The van der Waals surface area contributed by atoms with E-state index in [1.54, 1.807) is 31.2 Å². The average molecular weight is 355 g/mol. The lowest BCUT2D eigenvalue weighted by atomic mass is 10.0. The minimum atomic E-state index is -0.911. The van der Waals surface area contributed by atoms with Crippen LogP contribution < -0.4 is 10.1 Å². The summed E-state index contributed by atoms with van der Waals surface area (Å²) in [6.07, 6.45) is -0.769. The number of carboxylic acids is 1. The highest BCUT2D eigenvalue weighted by molar-refractivity contribution is 5.94. The third kappa shape index (κ3) is 5.34. The molecule has 1 amide bonds. The second kappa shape index (κ2) is 8.52. The van der Waals surface area contributed by atoms with Crippen molar-refractivity contribution in [3.63, 3.8) is 0 Å². The van der Waals surface area contributed by atoms with Gasteiger partial charge in [0.1, 0.15) is 5.75 Å². The van der Waals surface area contributed by atoms with Crippen molar-refractivity contribution in [3.8, 4) is 5.75 Å². The number of rotatable bonds is 7. The fraction of sp³-hybridized carbons (Fsp3) is 0.333. The van der Waals surface area contributed by atoms with E-state index in [2.05, 4.69) is 19.2 Å². The van der Waals surface area contributed by atoms with Gasteiger partial charge in [0.2, 0.25) is 0 Å². The SMILES string of the molecule is Cc1ccc(C(C)C)c(OC(C)C(=O)Nc2cccc(CC(=O)O)c2)c1. The molecule has 0 aromatic heterocycles. The molecule has 1 unspecified atom stereocenters. The summed E-state index contributed by atoms with van der Waals surface area (Å²) in [5.74, 6) is -0.199. The van der Waals surface area contributed by atoms with Gasteiger partial charge in [-0.15, -0.1) is 0 Å². The van der Waals surface area contributed by atoms with Crippen LogP contribution in [0.5, 0.6) is 5.75 Å². The summed E-state index contributed by atoms with van der Waals surface area (Å²) in [6, 6.07) is 12.8. The lowest BCUT2D eigenvalue weighted by molar-refractivity contribution is -0.136. The zero-order chi connectivity index (χ0) is 19.3. The maximum absolute atomic E-state index is 12.5. The van der Waals surface area contributed by atoms with Crippen LogP contribution in [-0.4, -0.2) is 23.1 Å². The molecule has 0 saturated carbocycles. The van der Waals surface area contributed by atoms with E-state index in [9.17, 15) is 9.59 Å². The fourth-order valence-corrected chi connectivity index (χ4v) is 2.64. The van der Waals surface area contributed by atoms with Gasteiger partial charge in [-0.3, -0.25) is 9.59 Å². The standard InChI is InChI=1S/C21H25NO4/c1-13(2)18-9-8-14(3)10-19(18)26-15(4)21(25)22-17-7-5-6-16(11-17)12-20(23)24/h5-11,13,15H,12H2,1-4H3,(H,22,25)(H,23,24).